The van der Waals surface area contributed by atoms with Gasteiger partial charge in [-0.2, -0.15) is 0 Å². The van der Waals surface area contributed by atoms with Gasteiger partial charge in [0.15, 0.2) is 0 Å². The summed E-state index contributed by atoms with van der Waals surface area (Å²) in [7, 11) is 0. The highest BCUT2D eigenvalue weighted by atomic mass is 35.5. The monoisotopic (exact) mass is 247 g/mol. The Morgan fingerprint density at radius 3 is 3.33 bits per heavy atom. The zero-order valence-electron chi connectivity index (χ0n) is 7.93. The fraction of sp³-hybridized carbons (Fsp3) is 0.625. The molecule has 1 aromatic heterocycles. The van der Waals surface area contributed by atoms with E-state index in [1.54, 1.807) is 4.90 Å². The second-order valence-corrected chi connectivity index (χ2v) is 4.27. The summed E-state index contributed by atoms with van der Waals surface area (Å²) < 4.78 is 9.04. The first kappa shape index (κ1) is 10.8. The van der Waals surface area contributed by atoms with Crippen LogP contribution in [-0.4, -0.2) is 52.1 Å². The fourth-order valence-corrected chi connectivity index (χ4v) is 2.08. The molecule has 0 aromatic carbocycles. The largest absolute Gasteiger partial charge is 0.373 e. The van der Waals surface area contributed by atoms with E-state index in [-0.39, 0.29) is 12.0 Å². The van der Waals surface area contributed by atoms with Gasteiger partial charge in [-0.15, -0.1) is 16.7 Å². The van der Waals surface area contributed by atoms with Crippen LogP contribution < -0.4 is 0 Å². The van der Waals surface area contributed by atoms with Gasteiger partial charge in [-0.25, -0.2) is 0 Å². The summed E-state index contributed by atoms with van der Waals surface area (Å²) >= 11 is 6.80. The molecule has 1 amide bonds. The van der Waals surface area contributed by atoms with E-state index in [0.29, 0.717) is 30.5 Å². The summed E-state index contributed by atoms with van der Waals surface area (Å²) in [6.07, 6.45) is 1.42. The highest BCUT2D eigenvalue weighted by molar-refractivity contribution is 7.07. The van der Waals surface area contributed by atoms with Crippen molar-refractivity contribution in [3.8, 4) is 0 Å². The minimum Gasteiger partial charge on any atom is -0.373 e. The van der Waals surface area contributed by atoms with Gasteiger partial charge in [0.1, 0.15) is 4.88 Å². The first-order chi connectivity index (χ1) is 7.31. The second-order valence-electron chi connectivity index (χ2n) is 3.18. The molecular formula is C8H10ClN3O2S. The molecule has 1 saturated heterocycles. The van der Waals surface area contributed by atoms with Crippen molar-refractivity contribution in [1.82, 2.24) is 14.5 Å². The Kier molecular flexibility index (Phi) is 3.50. The number of rotatable bonds is 2. The number of amides is 1. The molecule has 5 nitrogen and oxygen atoms in total. The average molecular weight is 248 g/mol. The molecule has 82 valence electrons. The smallest absolute Gasteiger partial charge is 0.267 e. The van der Waals surface area contributed by atoms with Gasteiger partial charge < -0.3 is 9.64 Å². The van der Waals surface area contributed by atoms with Crippen molar-refractivity contribution in [2.75, 3.05) is 25.6 Å². The van der Waals surface area contributed by atoms with Gasteiger partial charge in [-0.3, -0.25) is 4.79 Å². The van der Waals surface area contributed by atoms with Crippen molar-refractivity contribution < 1.29 is 9.53 Å². The van der Waals surface area contributed by atoms with Crippen molar-refractivity contribution in [2.24, 2.45) is 0 Å². The van der Waals surface area contributed by atoms with E-state index in [1.165, 1.54) is 6.20 Å². The maximum absolute atomic E-state index is 11.9. The minimum atomic E-state index is -0.0646. The van der Waals surface area contributed by atoms with Crippen LogP contribution >= 0.6 is 23.1 Å². The second kappa shape index (κ2) is 4.87. The Morgan fingerprint density at radius 2 is 2.67 bits per heavy atom. The van der Waals surface area contributed by atoms with Gasteiger partial charge in [0.2, 0.25) is 0 Å². The molecule has 0 spiro atoms. The summed E-state index contributed by atoms with van der Waals surface area (Å²) in [6.45, 7) is 1.68. The normalized spacial score (nSPS) is 21.7. The Balaban J connectivity index is 2.01. The van der Waals surface area contributed by atoms with Crippen molar-refractivity contribution in [1.29, 1.82) is 0 Å². The van der Waals surface area contributed by atoms with Gasteiger partial charge in [0.25, 0.3) is 5.91 Å². The minimum absolute atomic E-state index is 0.0385. The molecule has 15 heavy (non-hydrogen) atoms. The third-order valence-corrected chi connectivity index (χ3v) is 3.17. The number of halogens is 1. The van der Waals surface area contributed by atoms with E-state index in [2.05, 4.69) is 9.59 Å². The number of morpholine rings is 1. The van der Waals surface area contributed by atoms with Crippen LogP contribution in [0.1, 0.15) is 9.67 Å². The molecule has 0 N–H and O–H groups in total. The van der Waals surface area contributed by atoms with Crippen LogP contribution in [0.15, 0.2) is 6.20 Å². The molecule has 0 bridgehead atoms. The van der Waals surface area contributed by atoms with E-state index in [1.807, 2.05) is 0 Å². The van der Waals surface area contributed by atoms with Gasteiger partial charge in [-0.05, 0) is 11.5 Å². The molecule has 1 unspecified atom stereocenters. The lowest BCUT2D eigenvalue weighted by Gasteiger charge is -2.31. The van der Waals surface area contributed by atoms with Gasteiger partial charge in [-0.1, -0.05) is 4.49 Å². The summed E-state index contributed by atoms with van der Waals surface area (Å²) in [4.78, 5) is 14.2. The molecule has 1 aromatic rings. The Hall–Kier alpha value is -0.720. The molecule has 1 fully saturated rings. The van der Waals surface area contributed by atoms with Crippen LogP contribution in [0.2, 0.25) is 0 Å². The number of aromatic nitrogens is 2. The number of alkyl halides is 1. The number of nitrogens with zero attached hydrogens (tertiary/aromatic N) is 3. The number of carbonyl (C=O) groups excluding carboxylic acids is 1. The van der Waals surface area contributed by atoms with Crippen molar-refractivity contribution in [2.45, 2.75) is 6.10 Å². The Morgan fingerprint density at radius 1 is 1.80 bits per heavy atom. The van der Waals surface area contributed by atoms with Crippen molar-refractivity contribution in [3.63, 3.8) is 0 Å². The third-order valence-electron chi connectivity index (χ3n) is 2.17. The number of hydrogen-bond acceptors (Lipinski definition) is 5. The zero-order valence-corrected chi connectivity index (χ0v) is 9.50. The molecule has 1 aliphatic rings. The van der Waals surface area contributed by atoms with E-state index >= 15 is 0 Å². The number of hydrogen-bond donors (Lipinski definition) is 0. The highest BCUT2D eigenvalue weighted by Gasteiger charge is 2.25. The first-order valence-electron chi connectivity index (χ1n) is 4.55. The fourth-order valence-electron chi connectivity index (χ4n) is 1.41. The predicted octanol–water partition coefficient (Wildman–Crippen LogP) is 0.618. The first-order valence-corrected chi connectivity index (χ1v) is 5.86. The van der Waals surface area contributed by atoms with Crippen LogP contribution in [-0.2, 0) is 4.74 Å². The van der Waals surface area contributed by atoms with E-state index in [4.69, 9.17) is 16.3 Å². The Labute approximate surface area is 96.1 Å². The third kappa shape index (κ3) is 2.45. The predicted molar refractivity (Wildman–Crippen MR) is 56.3 cm³/mol. The molecule has 2 heterocycles. The van der Waals surface area contributed by atoms with Gasteiger partial charge in [0.05, 0.1) is 24.8 Å². The average Bonchev–Trinajstić information content (AvgIpc) is 2.81. The molecule has 0 aliphatic carbocycles. The van der Waals surface area contributed by atoms with Crippen LogP contribution in [0.3, 0.4) is 0 Å². The maximum atomic E-state index is 11.9. The molecule has 7 heteroatoms. The zero-order chi connectivity index (χ0) is 10.7. The summed E-state index contributed by atoms with van der Waals surface area (Å²) in [6, 6.07) is 0. The van der Waals surface area contributed by atoms with Crippen LogP contribution in [0, 0.1) is 0 Å². The van der Waals surface area contributed by atoms with Crippen LogP contribution in [0.25, 0.3) is 0 Å². The highest BCUT2D eigenvalue weighted by Crippen LogP contribution is 2.12. The summed E-state index contributed by atoms with van der Waals surface area (Å²) in [5, 5.41) is 3.64. The SMILES string of the molecule is O=C(c1cnns1)N1CCOC(CCl)C1. The molecule has 1 atom stereocenters. The molecular weight excluding hydrogens is 238 g/mol. The topological polar surface area (TPSA) is 55.3 Å². The van der Waals surface area contributed by atoms with Gasteiger partial charge in [0, 0.05) is 13.1 Å². The standard InChI is InChI=1S/C8H10ClN3O2S/c9-3-6-5-12(1-2-14-6)8(13)7-4-10-11-15-7/h4,6H,1-3,5H2. The molecule has 2 rings (SSSR count). The van der Waals surface area contributed by atoms with E-state index < -0.39 is 0 Å². The molecule has 0 radical (unpaired) electrons. The number of ether oxygens (including phenoxy) is 1. The molecule has 1 aliphatic heterocycles. The van der Waals surface area contributed by atoms with Crippen molar-refractivity contribution >= 4 is 29.0 Å². The maximum Gasteiger partial charge on any atom is 0.267 e. The van der Waals surface area contributed by atoms with Crippen LogP contribution in [0.4, 0.5) is 0 Å². The summed E-state index contributed by atoms with van der Waals surface area (Å²) in [5.41, 5.74) is 0. The lowest BCUT2D eigenvalue weighted by Crippen LogP contribution is -2.46. The quantitative estimate of drug-likeness (QED) is 0.719. The van der Waals surface area contributed by atoms with E-state index in [0.717, 1.165) is 11.5 Å². The van der Waals surface area contributed by atoms with E-state index in [9.17, 15) is 4.79 Å². The van der Waals surface area contributed by atoms with Crippen molar-refractivity contribution in [3.05, 3.63) is 11.1 Å². The lowest BCUT2D eigenvalue weighted by atomic mass is 10.3. The Bertz CT molecular complexity index is 333. The van der Waals surface area contributed by atoms with Gasteiger partial charge >= 0.3 is 0 Å². The summed E-state index contributed by atoms with van der Waals surface area (Å²) in [5.74, 6) is 0.369. The lowest BCUT2D eigenvalue weighted by molar-refractivity contribution is -0.0106. The van der Waals surface area contributed by atoms with Crippen LogP contribution in [0.5, 0.6) is 0 Å². The molecule has 0 saturated carbocycles. The number of carbonyl (C=O) groups is 1.